The Labute approximate surface area is 200 Å². The van der Waals surface area contributed by atoms with E-state index in [4.69, 9.17) is 14.2 Å². The Kier molecular flexibility index (Phi) is 10.7. The smallest absolute Gasteiger partial charge is 0.410 e. The average Bonchev–Trinajstić information content (AvgIpc) is 2.57. The molecule has 7 heteroatoms. The lowest BCUT2D eigenvalue weighted by Crippen LogP contribution is -2.39. The van der Waals surface area contributed by atoms with Gasteiger partial charge in [0, 0.05) is 13.1 Å². The quantitative estimate of drug-likeness (QED) is 0.371. The summed E-state index contributed by atoms with van der Waals surface area (Å²) in [5.74, 6) is -1.13. The van der Waals surface area contributed by atoms with Gasteiger partial charge in [0.15, 0.2) is 0 Å². The molecule has 0 aromatic rings. The van der Waals surface area contributed by atoms with Crippen LogP contribution in [-0.2, 0) is 23.8 Å². The van der Waals surface area contributed by atoms with Crippen molar-refractivity contribution in [1.82, 2.24) is 4.90 Å². The van der Waals surface area contributed by atoms with Crippen LogP contribution in [0, 0.1) is 11.8 Å². The third-order valence-corrected chi connectivity index (χ3v) is 5.22. The van der Waals surface area contributed by atoms with Gasteiger partial charge in [0.05, 0.1) is 11.8 Å². The van der Waals surface area contributed by atoms with Gasteiger partial charge in [-0.2, -0.15) is 0 Å². The van der Waals surface area contributed by atoms with Crippen LogP contribution in [0.3, 0.4) is 0 Å². The molecule has 1 aliphatic heterocycles. The van der Waals surface area contributed by atoms with Crippen molar-refractivity contribution in [2.45, 2.75) is 124 Å². The van der Waals surface area contributed by atoms with E-state index in [1.807, 2.05) is 62.3 Å². The van der Waals surface area contributed by atoms with Crippen molar-refractivity contribution < 1.29 is 28.6 Å². The van der Waals surface area contributed by atoms with Crippen molar-refractivity contribution in [1.29, 1.82) is 0 Å². The van der Waals surface area contributed by atoms with Gasteiger partial charge >= 0.3 is 18.0 Å². The van der Waals surface area contributed by atoms with E-state index in [1.54, 1.807) is 4.90 Å². The van der Waals surface area contributed by atoms with E-state index in [1.165, 1.54) is 0 Å². The number of ether oxygens (including phenoxy) is 3. The van der Waals surface area contributed by atoms with E-state index in [9.17, 15) is 14.4 Å². The number of esters is 2. The highest BCUT2D eigenvalue weighted by Gasteiger charge is 2.31. The number of carbonyl (C=O) groups is 3. The molecule has 33 heavy (non-hydrogen) atoms. The van der Waals surface area contributed by atoms with Gasteiger partial charge in [-0.15, -0.1) is 0 Å². The largest absolute Gasteiger partial charge is 0.460 e. The highest BCUT2D eigenvalue weighted by Crippen LogP contribution is 2.27. The van der Waals surface area contributed by atoms with Gasteiger partial charge in [0.1, 0.15) is 16.8 Å². The fraction of sp³-hybridized carbons (Fsp3) is 0.885. The maximum atomic E-state index is 13.0. The summed E-state index contributed by atoms with van der Waals surface area (Å²) in [6, 6.07) is 0. The third-order valence-electron chi connectivity index (χ3n) is 5.22. The summed E-state index contributed by atoms with van der Waals surface area (Å²) in [6.45, 7) is 17.7. The molecule has 7 nitrogen and oxygen atoms in total. The van der Waals surface area contributed by atoms with E-state index in [0.29, 0.717) is 38.8 Å². The topological polar surface area (TPSA) is 82.1 Å². The predicted molar refractivity (Wildman–Crippen MR) is 129 cm³/mol. The Hall–Kier alpha value is -1.79. The van der Waals surface area contributed by atoms with Crippen molar-refractivity contribution in [2.24, 2.45) is 11.8 Å². The monoisotopic (exact) mass is 469 g/mol. The number of carbonyl (C=O) groups excluding carboxylic acids is 3. The molecule has 2 atom stereocenters. The summed E-state index contributed by atoms with van der Waals surface area (Å²) < 4.78 is 16.9. The lowest BCUT2D eigenvalue weighted by Gasteiger charge is -2.30. The highest BCUT2D eigenvalue weighted by atomic mass is 16.6. The minimum absolute atomic E-state index is 0.196. The summed E-state index contributed by atoms with van der Waals surface area (Å²) in [5, 5.41) is 0. The van der Waals surface area contributed by atoms with Gasteiger partial charge in [-0.1, -0.05) is 12.8 Å². The summed E-state index contributed by atoms with van der Waals surface area (Å²) in [4.78, 5) is 40.2. The number of rotatable bonds is 2. The maximum absolute atomic E-state index is 13.0. The zero-order valence-electron chi connectivity index (χ0n) is 22.4. The predicted octanol–water partition coefficient (Wildman–Crippen LogP) is 5.88. The summed E-state index contributed by atoms with van der Waals surface area (Å²) >= 11 is 0. The van der Waals surface area contributed by atoms with E-state index >= 15 is 0 Å². The van der Waals surface area contributed by atoms with Crippen LogP contribution in [0.25, 0.3) is 0 Å². The van der Waals surface area contributed by atoms with Crippen LogP contribution in [0.2, 0.25) is 0 Å². The van der Waals surface area contributed by atoms with Crippen LogP contribution in [0.5, 0.6) is 0 Å². The SMILES string of the molecule is CC(C)(C)OC(=O)C1CCCCCN(C(=O)OC(C)(C)C)CCC(C(=O)OC(C)(C)C)CC1. The Morgan fingerprint density at radius 1 is 0.576 bits per heavy atom. The molecule has 0 radical (unpaired) electrons. The van der Waals surface area contributed by atoms with Crippen molar-refractivity contribution in [3.05, 3.63) is 0 Å². The Morgan fingerprint density at radius 3 is 1.48 bits per heavy atom. The number of amides is 1. The number of nitrogens with zero attached hydrogens (tertiary/aromatic N) is 1. The van der Waals surface area contributed by atoms with Gasteiger partial charge in [-0.25, -0.2) is 4.79 Å². The van der Waals surface area contributed by atoms with E-state index in [0.717, 1.165) is 19.3 Å². The second kappa shape index (κ2) is 12.1. The Morgan fingerprint density at radius 2 is 1.03 bits per heavy atom. The lowest BCUT2D eigenvalue weighted by molar-refractivity contribution is -0.164. The molecule has 1 fully saturated rings. The molecule has 0 N–H and O–H groups in total. The zero-order valence-corrected chi connectivity index (χ0v) is 22.4. The molecule has 0 saturated carbocycles. The van der Waals surface area contributed by atoms with E-state index < -0.39 is 22.7 Å². The first-order chi connectivity index (χ1) is 15.0. The molecule has 1 amide bonds. The molecular weight excluding hydrogens is 422 g/mol. The minimum atomic E-state index is -0.601. The highest BCUT2D eigenvalue weighted by molar-refractivity contribution is 5.74. The number of hydrogen-bond acceptors (Lipinski definition) is 6. The molecule has 0 aliphatic carbocycles. The minimum Gasteiger partial charge on any atom is -0.460 e. The van der Waals surface area contributed by atoms with Gasteiger partial charge in [0.2, 0.25) is 0 Å². The normalized spacial score (nSPS) is 21.9. The van der Waals surface area contributed by atoms with E-state index in [2.05, 4.69) is 0 Å². The molecule has 0 aromatic heterocycles. The average molecular weight is 470 g/mol. The van der Waals surface area contributed by atoms with Crippen molar-refractivity contribution in [3.8, 4) is 0 Å². The van der Waals surface area contributed by atoms with Crippen LogP contribution in [0.15, 0.2) is 0 Å². The van der Waals surface area contributed by atoms with Crippen molar-refractivity contribution in [3.63, 3.8) is 0 Å². The second-order valence-corrected chi connectivity index (χ2v) is 12.1. The zero-order chi connectivity index (χ0) is 25.4. The standard InChI is InChI=1S/C26H47NO6/c1-24(2,3)31-21(28)19-13-11-10-12-17-27(23(30)33-26(7,8)9)18-16-20(15-14-19)22(29)32-25(4,5)6/h19-20H,10-18H2,1-9H3. The first-order valence-corrected chi connectivity index (χ1v) is 12.4. The van der Waals surface area contributed by atoms with Crippen LogP contribution in [0.4, 0.5) is 4.79 Å². The first-order valence-electron chi connectivity index (χ1n) is 12.4. The summed E-state index contributed by atoms with van der Waals surface area (Å²) in [7, 11) is 0. The molecule has 1 saturated heterocycles. The van der Waals surface area contributed by atoms with Gasteiger partial charge in [-0.05, 0) is 94.4 Å². The molecule has 2 unspecified atom stereocenters. The fourth-order valence-electron chi connectivity index (χ4n) is 3.74. The van der Waals surface area contributed by atoms with Crippen LogP contribution in [-0.4, -0.2) is 52.8 Å². The fourth-order valence-corrected chi connectivity index (χ4v) is 3.74. The van der Waals surface area contributed by atoms with Crippen molar-refractivity contribution >= 4 is 18.0 Å². The molecule has 1 rings (SSSR count). The van der Waals surface area contributed by atoms with Crippen LogP contribution >= 0.6 is 0 Å². The van der Waals surface area contributed by atoms with E-state index in [-0.39, 0.29) is 23.9 Å². The Balaban J connectivity index is 3.01. The van der Waals surface area contributed by atoms with Gasteiger partial charge < -0.3 is 19.1 Å². The molecule has 0 bridgehead atoms. The molecule has 192 valence electrons. The Bertz CT molecular complexity index is 611. The second-order valence-electron chi connectivity index (χ2n) is 12.1. The van der Waals surface area contributed by atoms with Crippen LogP contribution in [0.1, 0.15) is 107 Å². The molecule has 1 aliphatic rings. The number of hydrogen-bond donors (Lipinski definition) is 0. The first kappa shape index (κ1) is 29.2. The molecular formula is C26H47NO6. The van der Waals surface area contributed by atoms with Gasteiger partial charge in [0.25, 0.3) is 0 Å². The van der Waals surface area contributed by atoms with Gasteiger partial charge in [-0.3, -0.25) is 9.59 Å². The molecule has 1 heterocycles. The summed E-state index contributed by atoms with van der Waals surface area (Å²) in [6.07, 6.45) is 4.49. The lowest BCUT2D eigenvalue weighted by atomic mass is 9.89. The summed E-state index contributed by atoms with van der Waals surface area (Å²) in [5.41, 5.74) is -1.72. The molecule has 0 spiro atoms. The van der Waals surface area contributed by atoms with Crippen molar-refractivity contribution in [2.75, 3.05) is 13.1 Å². The van der Waals surface area contributed by atoms with Crippen LogP contribution < -0.4 is 0 Å². The maximum Gasteiger partial charge on any atom is 0.410 e. The molecule has 0 aromatic carbocycles. The third kappa shape index (κ3) is 12.9.